The zero-order valence-corrected chi connectivity index (χ0v) is 30.6. The summed E-state index contributed by atoms with van der Waals surface area (Å²) < 4.78 is 27.3. The molecule has 0 aliphatic carbocycles. The van der Waals surface area contributed by atoms with E-state index >= 15 is 0 Å². The molecule has 3 unspecified atom stereocenters. The van der Waals surface area contributed by atoms with Gasteiger partial charge in [0, 0.05) is 24.2 Å². The van der Waals surface area contributed by atoms with Crippen LogP contribution in [0.5, 0.6) is 0 Å². The summed E-state index contributed by atoms with van der Waals surface area (Å²) in [7, 11) is -3.80. The molecular weight excluding hydrogens is 748 g/mol. The van der Waals surface area contributed by atoms with E-state index in [1.54, 1.807) is 12.1 Å². The van der Waals surface area contributed by atoms with Gasteiger partial charge in [0.25, 0.3) is 21.6 Å². The van der Waals surface area contributed by atoms with Crippen LogP contribution in [0.4, 0.5) is 11.6 Å². The van der Waals surface area contributed by atoms with Crippen molar-refractivity contribution in [1.29, 1.82) is 0 Å². The first kappa shape index (κ1) is 49.6. The summed E-state index contributed by atoms with van der Waals surface area (Å²) in [5.41, 5.74) is 11.2. The van der Waals surface area contributed by atoms with Crippen molar-refractivity contribution in [3.05, 3.63) is 52.1 Å². The van der Waals surface area contributed by atoms with Crippen LogP contribution in [0.1, 0.15) is 42.7 Å². The van der Waals surface area contributed by atoms with E-state index in [2.05, 4.69) is 30.6 Å². The number of carbonyl (C=O) groups excluding carboxylic acids is 3. The zero-order valence-electron chi connectivity index (χ0n) is 27.6. The van der Waals surface area contributed by atoms with E-state index < -0.39 is 63.7 Å². The number of hydrogen-bond donors (Lipinski definition) is 10. The molecule has 12 N–H and O–H groups in total. The fourth-order valence-electron chi connectivity index (χ4n) is 2.90. The number of rotatable bonds is 13. The van der Waals surface area contributed by atoms with E-state index in [0.29, 0.717) is 11.4 Å². The number of carboxylic acid groups (broad SMARTS) is 4. The number of nitrogens with zero attached hydrogens (tertiary/aromatic N) is 3. The fraction of sp³-hybridized carbons (Fsp3) is 0.370. The molecule has 52 heavy (non-hydrogen) atoms. The van der Waals surface area contributed by atoms with Crippen LogP contribution in [0, 0.1) is 0 Å². The number of fused-ring (bicyclic) bond motifs is 1. The van der Waals surface area contributed by atoms with Crippen LogP contribution in [-0.4, -0.2) is 151 Å². The first-order valence-electron chi connectivity index (χ1n) is 14.1. The molecule has 25 heteroatoms. The minimum atomic E-state index is -3.80. The monoisotopic (exact) mass is 784 g/mol. The van der Waals surface area contributed by atoms with Crippen LogP contribution >= 0.6 is 0 Å². The van der Waals surface area contributed by atoms with Crippen molar-refractivity contribution in [3.63, 3.8) is 0 Å². The Labute approximate surface area is 324 Å². The van der Waals surface area contributed by atoms with Crippen LogP contribution in [0.2, 0.25) is 0 Å². The first-order valence-corrected chi connectivity index (χ1v) is 15.7. The quantitative estimate of drug-likeness (QED) is 0.0571. The largest absolute Gasteiger partial charge is 2.00 e. The van der Waals surface area contributed by atoms with Gasteiger partial charge in [0.1, 0.15) is 6.04 Å². The first-order chi connectivity index (χ1) is 23.6. The summed E-state index contributed by atoms with van der Waals surface area (Å²) in [4.78, 5) is 79.2. The van der Waals surface area contributed by atoms with Crippen molar-refractivity contribution in [1.82, 2.24) is 25.3 Å². The van der Waals surface area contributed by atoms with Gasteiger partial charge in [0.15, 0.2) is 11.2 Å². The molecule has 0 fully saturated rings. The number of nitrogens with one attached hydrogen (secondary N) is 3. The smallest absolute Gasteiger partial charge is 0.547 e. The molecule has 1 aromatic carbocycles. The molecule has 0 saturated carbocycles. The number of anilines is 2. The predicted molar refractivity (Wildman–Crippen MR) is 176 cm³/mol. The second-order valence-electron chi connectivity index (χ2n) is 9.78. The molecule has 0 radical (unpaired) electrons. The number of aromatic nitrogens is 4. The Balaban J connectivity index is 0. The summed E-state index contributed by atoms with van der Waals surface area (Å²) in [5.74, 6) is -6.38. The van der Waals surface area contributed by atoms with Gasteiger partial charge in [-0.1, -0.05) is 0 Å². The third kappa shape index (κ3) is 21.6. The molecule has 282 valence electrons. The molecule has 23 nitrogen and oxygen atoms in total. The van der Waals surface area contributed by atoms with Gasteiger partial charge in [0.2, 0.25) is 5.95 Å². The third-order valence-electron chi connectivity index (χ3n) is 5.42. The Bertz CT molecular complexity index is 1790. The molecule has 0 aliphatic heterocycles. The van der Waals surface area contributed by atoms with Gasteiger partial charge in [-0.2, -0.15) is 13.4 Å². The van der Waals surface area contributed by atoms with Crippen LogP contribution in [0.3, 0.4) is 0 Å². The Morgan fingerprint density at radius 2 is 1.50 bits per heavy atom. The third-order valence-corrected chi connectivity index (χ3v) is 6.17. The summed E-state index contributed by atoms with van der Waals surface area (Å²) >= 11 is 0. The Morgan fingerprint density at radius 1 is 0.981 bits per heavy atom. The summed E-state index contributed by atoms with van der Waals surface area (Å²) in [6, 6.07) is 4.86. The number of amides is 1. The molecule has 0 spiro atoms. The molecule has 2 heterocycles. The maximum atomic E-state index is 12.3. The van der Waals surface area contributed by atoms with Crippen molar-refractivity contribution in [2.45, 2.75) is 51.5 Å². The predicted octanol–water partition coefficient (Wildman–Crippen LogP) is -5.36. The van der Waals surface area contributed by atoms with Gasteiger partial charge in [-0.25, -0.2) is 14.8 Å². The van der Waals surface area contributed by atoms with E-state index in [0.717, 1.165) is 13.8 Å². The van der Waals surface area contributed by atoms with Crippen molar-refractivity contribution >= 4 is 100 Å². The van der Waals surface area contributed by atoms with E-state index in [9.17, 15) is 47.4 Å². The van der Waals surface area contributed by atoms with Crippen LogP contribution in [-0.2, 0) is 35.8 Å². The minimum Gasteiger partial charge on any atom is -0.547 e. The number of aromatic amines is 1. The molecule has 3 atom stereocenters. The average Bonchev–Trinajstić information content (AvgIpc) is 3.02. The second kappa shape index (κ2) is 24.6. The Kier molecular flexibility index (Phi) is 23.4. The SMILES string of the molecule is CC(O)C(=O)[O-].CC(O)C(=O)[O-].NCCS(=O)(=O)O.Nc1nc2ncc(CNc3ccc(C(=O)NC(CCC(=O)O)C(=O)O)cc3)nc2c(=O)[nH]1.[Ca+2]. The fourth-order valence-corrected chi connectivity index (χ4v) is 3.20. The van der Waals surface area contributed by atoms with Crippen LogP contribution < -0.4 is 37.9 Å². The number of aliphatic hydroxyl groups is 2. The van der Waals surface area contributed by atoms with E-state index in [1.165, 1.54) is 18.3 Å². The van der Waals surface area contributed by atoms with Gasteiger partial charge in [-0.15, -0.1) is 0 Å². The van der Waals surface area contributed by atoms with Crippen molar-refractivity contribution in [3.8, 4) is 0 Å². The maximum absolute atomic E-state index is 12.3. The molecule has 0 aliphatic rings. The van der Waals surface area contributed by atoms with Gasteiger partial charge >= 0.3 is 49.7 Å². The van der Waals surface area contributed by atoms with Crippen molar-refractivity contribution < 1.29 is 67.6 Å². The van der Waals surface area contributed by atoms with Gasteiger partial charge < -0.3 is 62.3 Å². The van der Waals surface area contributed by atoms with E-state index in [-0.39, 0.29) is 92.1 Å². The van der Waals surface area contributed by atoms with Crippen molar-refractivity contribution in [2.75, 3.05) is 23.3 Å². The standard InChI is InChI=1S/C19H19N7O6.2C3H6O3.C2H7NO3S.Ca/c20-19-25-15-14(17(30)26-19)23-11(8-22-15)7-21-10-3-1-9(2-4-10)16(29)24-12(18(31)32)5-6-13(27)28;2*1-2(4)3(5)6;3-1-2-7(4,5)6;/h1-4,8,12,21H,5-7H2,(H,24,29)(H,27,28)(H,31,32)(H3,20,22,25,26,30);2*2,4H,1H3,(H,5,6);1-3H2,(H,4,5,6);/q;;;;+2/p-2. The molecule has 0 bridgehead atoms. The van der Waals surface area contributed by atoms with E-state index in [4.69, 9.17) is 36.4 Å². The van der Waals surface area contributed by atoms with Gasteiger partial charge in [-0.05, 0) is 44.5 Å². The van der Waals surface area contributed by atoms with E-state index in [1.807, 2.05) is 0 Å². The number of aliphatic carboxylic acids is 4. The second-order valence-corrected chi connectivity index (χ2v) is 11.3. The summed E-state index contributed by atoms with van der Waals surface area (Å²) in [6.45, 7) is 2.47. The minimum absolute atomic E-state index is 0. The Hall–Kier alpha value is -4.56. The number of nitrogen functional groups attached to an aromatic ring is 1. The summed E-state index contributed by atoms with van der Waals surface area (Å²) in [6.07, 6.45) is -1.84. The van der Waals surface area contributed by atoms with Crippen molar-refractivity contribution in [2.24, 2.45) is 5.73 Å². The number of benzene rings is 1. The number of nitrogens with two attached hydrogens (primary N) is 2. The normalized spacial score (nSPS) is 11.9. The number of carboxylic acids is 4. The molecule has 0 saturated heterocycles. The van der Waals surface area contributed by atoms with Gasteiger partial charge in [0.05, 0.1) is 48.3 Å². The number of aliphatic hydroxyl groups excluding tert-OH is 2. The average molecular weight is 785 g/mol. The van der Waals surface area contributed by atoms with Crippen LogP contribution in [0.15, 0.2) is 35.3 Å². The molecule has 3 aromatic rings. The number of hydrogen-bond acceptors (Lipinski definition) is 18. The van der Waals surface area contributed by atoms with Gasteiger partial charge in [-0.3, -0.25) is 23.9 Å². The maximum Gasteiger partial charge on any atom is 2.00 e. The Morgan fingerprint density at radius 3 is 1.90 bits per heavy atom. The molecule has 3 rings (SSSR count). The molecule has 2 aromatic heterocycles. The topological polar surface area (TPSA) is 414 Å². The zero-order chi connectivity index (χ0) is 39.5. The molecular formula is C27H36CaN8O15S. The number of H-pyrrole nitrogens is 1. The van der Waals surface area contributed by atoms with Crippen LogP contribution in [0.25, 0.3) is 11.2 Å². The molecule has 1 amide bonds. The summed E-state index contributed by atoms with van der Waals surface area (Å²) in [5, 5.41) is 57.8. The number of carbonyl (C=O) groups is 5.